The van der Waals surface area contributed by atoms with Gasteiger partial charge in [-0.05, 0) is 40.8 Å². The van der Waals surface area contributed by atoms with Crippen LogP contribution in [0.15, 0.2) is 91.0 Å². The molecule has 3 heterocycles. The predicted octanol–water partition coefficient (Wildman–Crippen LogP) is 5.34. The highest BCUT2D eigenvalue weighted by molar-refractivity contribution is 7.10. The Hall–Kier alpha value is -3.15. The summed E-state index contributed by atoms with van der Waals surface area (Å²) in [6, 6.07) is 21.5. The van der Waals surface area contributed by atoms with Gasteiger partial charge in [0.25, 0.3) is 0 Å². The molecule has 0 fully saturated rings. The first kappa shape index (κ1) is 17.9. The summed E-state index contributed by atoms with van der Waals surface area (Å²) in [6.45, 7) is 1.74. The third-order valence-electron chi connectivity index (χ3n) is 5.30. The van der Waals surface area contributed by atoms with Crippen LogP contribution in [0.5, 0.6) is 0 Å². The average Bonchev–Trinajstić information content (AvgIpc) is 3.54. The Balaban J connectivity index is 1.31. The third kappa shape index (κ3) is 3.75. The van der Waals surface area contributed by atoms with Gasteiger partial charge in [-0.25, -0.2) is 4.98 Å². The van der Waals surface area contributed by atoms with Crippen molar-refractivity contribution in [3.63, 3.8) is 0 Å². The second-order valence-electron chi connectivity index (χ2n) is 7.12. The lowest BCUT2D eigenvalue weighted by Gasteiger charge is -2.16. The predicted molar refractivity (Wildman–Crippen MR) is 120 cm³/mol. The van der Waals surface area contributed by atoms with E-state index >= 15 is 0 Å². The van der Waals surface area contributed by atoms with Gasteiger partial charge in [0, 0.05) is 59.1 Å². The van der Waals surface area contributed by atoms with E-state index in [1.165, 1.54) is 26.9 Å². The maximum absolute atomic E-state index is 4.11. The number of hydrogen-bond acceptors (Lipinski definition) is 3. The fraction of sp³-hybridized carbons (Fsp3) is 0.125. The van der Waals surface area contributed by atoms with Crippen LogP contribution in [0.4, 0.5) is 0 Å². The molecule has 5 aromatic rings. The Morgan fingerprint density at radius 3 is 2.72 bits per heavy atom. The molecule has 0 saturated carbocycles. The molecule has 2 N–H and O–H groups in total. The number of H-pyrrole nitrogens is 1. The summed E-state index contributed by atoms with van der Waals surface area (Å²) in [6.07, 6.45) is 7.74. The molecule has 0 bridgehead atoms. The third-order valence-corrected chi connectivity index (χ3v) is 6.29. The van der Waals surface area contributed by atoms with Gasteiger partial charge in [0.15, 0.2) is 0 Å². The fourth-order valence-corrected chi connectivity index (χ4v) is 4.64. The minimum absolute atomic E-state index is 0.330. The number of para-hydroxylation sites is 1. The first-order valence-corrected chi connectivity index (χ1v) is 10.6. The Labute approximate surface area is 173 Å². The van der Waals surface area contributed by atoms with E-state index in [9.17, 15) is 0 Å². The van der Waals surface area contributed by atoms with E-state index in [0.29, 0.717) is 5.92 Å². The van der Waals surface area contributed by atoms with Crippen molar-refractivity contribution in [2.75, 3.05) is 6.54 Å². The minimum atomic E-state index is 0.330. The molecule has 0 aliphatic carbocycles. The number of aromatic nitrogens is 3. The van der Waals surface area contributed by atoms with Crippen molar-refractivity contribution in [3.8, 4) is 5.69 Å². The smallest absolute Gasteiger partial charge is 0.0991 e. The number of hydrogen-bond donors (Lipinski definition) is 2. The van der Waals surface area contributed by atoms with Gasteiger partial charge in [0.05, 0.1) is 6.33 Å². The summed E-state index contributed by atoms with van der Waals surface area (Å²) in [7, 11) is 0. The van der Waals surface area contributed by atoms with Crippen molar-refractivity contribution in [1.29, 1.82) is 0 Å². The van der Waals surface area contributed by atoms with Crippen LogP contribution >= 0.6 is 11.3 Å². The van der Waals surface area contributed by atoms with Gasteiger partial charge in [-0.1, -0.05) is 36.4 Å². The molecule has 1 unspecified atom stereocenters. The zero-order valence-electron chi connectivity index (χ0n) is 16.0. The molecule has 0 aliphatic rings. The van der Waals surface area contributed by atoms with Crippen molar-refractivity contribution in [3.05, 3.63) is 107 Å². The Morgan fingerprint density at radius 1 is 1.03 bits per heavy atom. The second-order valence-corrected chi connectivity index (χ2v) is 8.10. The van der Waals surface area contributed by atoms with Gasteiger partial charge in [0.2, 0.25) is 0 Å². The minimum Gasteiger partial charge on any atom is -0.361 e. The molecule has 0 amide bonds. The fourth-order valence-electron chi connectivity index (χ4n) is 3.79. The number of nitrogens with zero attached hydrogens (tertiary/aromatic N) is 2. The van der Waals surface area contributed by atoms with Crippen LogP contribution in [0.2, 0.25) is 0 Å². The standard InChI is InChI=1S/C24H22N4S/c1-2-5-23-20(4-1)21(16-27-23)22(24-6-3-13-29-24)15-26-14-18-7-9-19(10-8-18)28-12-11-25-17-28/h1-13,16-17,22,26-27H,14-15H2. The maximum Gasteiger partial charge on any atom is 0.0991 e. The van der Waals surface area contributed by atoms with Crippen LogP contribution in [0.1, 0.15) is 21.9 Å². The van der Waals surface area contributed by atoms with Crippen LogP contribution in [0, 0.1) is 0 Å². The highest BCUT2D eigenvalue weighted by Gasteiger charge is 2.18. The normalized spacial score (nSPS) is 12.4. The van der Waals surface area contributed by atoms with Gasteiger partial charge >= 0.3 is 0 Å². The topological polar surface area (TPSA) is 45.6 Å². The van der Waals surface area contributed by atoms with Crippen molar-refractivity contribution in [1.82, 2.24) is 19.9 Å². The van der Waals surface area contributed by atoms with Gasteiger partial charge in [-0.3, -0.25) is 0 Å². The quantitative estimate of drug-likeness (QED) is 0.389. The first-order valence-electron chi connectivity index (χ1n) is 9.76. The molecular formula is C24H22N4S. The molecule has 29 heavy (non-hydrogen) atoms. The van der Waals surface area contributed by atoms with E-state index in [1.54, 1.807) is 6.20 Å². The van der Waals surface area contributed by atoms with Gasteiger partial charge in [-0.15, -0.1) is 11.3 Å². The van der Waals surface area contributed by atoms with Crippen molar-refractivity contribution in [2.24, 2.45) is 0 Å². The summed E-state index contributed by atoms with van der Waals surface area (Å²) in [5.41, 5.74) is 4.95. The Bertz CT molecular complexity index is 1170. The summed E-state index contributed by atoms with van der Waals surface area (Å²) < 4.78 is 2.01. The molecule has 0 saturated heterocycles. The summed E-state index contributed by atoms with van der Waals surface area (Å²) >= 11 is 1.82. The summed E-state index contributed by atoms with van der Waals surface area (Å²) in [5, 5.41) is 7.13. The molecular weight excluding hydrogens is 376 g/mol. The van der Waals surface area contributed by atoms with Gasteiger partial charge in [-0.2, -0.15) is 0 Å². The SMILES string of the molecule is c1csc(C(CNCc2ccc(-n3ccnc3)cc2)c2c[nH]c3ccccc23)c1. The van der Waals surface area contributed by atoms with Crippen LogP contribution in [-0.2, 0) is 6.54 Å². The molecule has 0 aliphatic heterocycles. The molecule has 0 radical (unpaired) electrons. The lowest BCUT2D eigenvalue weighted by Crippen LogP contribution is -2.21. The maximum atomic E-state index is 4.11. The van der Waals surface area contributed by atoms with E-state index in [4.69, 9.17) is 0 Å². The highest BCUT2D eigenvalue weighted by atomic mass is 32.1. The van der Waals surface area contributed by atoms with Crippen molar-refractivity contribution in [2.45, 2.75) is 12.5 Å². The van der Waals surface area contributed by atoms with E-state index in [1.807, 2.05) is 28.4 Å². The molecule has 4 nitrogen and oxygen atoms in total. The number of aromatic amines is 1. The number of rotatable bonds is 7. The number of thiophene rings is 1. The van der Waals surface area contributed by atoms with Crippen LogP contribution in [0.25, 0.3) is 16.6 Å². The van der Waals surface area contributed by atoms with E-state index in [-0.39, 0.29) is 0 Å². The molecule has 5 rings (SSSR count). The summed E-state index contributed by atoms with van der Waals surface area (Å²) in [4.78, 5) is 8.92. The highest BCUT2D eigenvalue weighted by Crippen LogP contribution is 2.32. The van der Waals surface area contributed by atoms with Gasteiger partial charge < -0.3 is 14.9 Å². The van der Waals surface area contributed by atoms with Crippen LogP contribution in [-0.4, -0.2) is 21.1 Å². The zero-order chi connectivity index (χ0) is 19.5. The number of fused-ring (bicyclic) bond motifs is 1. The monoisotopic (exact) mass is 398 g/mol. The summed E-state index contributed by atoms with van der Waals surface area (Å²) in [5.74, 6) is 0.330. The van der Waals surface area contributed by atoms with Crippen LogP contribution < -0.4 is 5.32 Å². The van der Waals surface area contributed by atoms with Crippen molar-refractivity contribution < 1.29 is 0 Å². The van der Waals surface area contributed by atoms with E-state index < -0.39 is 0 Å². The number of imidazole rings is 1. The Kier molecular flexibility index (Phi) is 4.99. The lowest BCUT2D eigenvalue weighted by molar-refractivity contribution is 0.643. The molecule has 3 aromatic heterocycles. The molecule has 0 spiro atoms. The molecule has 2 aromatic carbocycles. The Morgan fingerprint density at radius 2 is 1.93 bits per heavy atom. The van der Waals surface area contributed by atoms with E-state index in [2.05, 4.69) is 87.5 Å². The average molecular weight is 399 g/mol. The van der Waals surface area contributed by atoms with E-state index in [0.717, 1.165) is 18.8 Å². The van der Waals surface area contributed by atoms with Crippen molar-refractivity contribution >= 4 is 22.2 Å². The molecule has 1 atom stereocenters. The van der Waals surface area contributed by atoms with Crippen LogP contribution in [0.3, 0.4) is 0 Å². The first-order chi connectivity index (χ1) is 14.4. The zero-order valence-corrected chi connectivity index (χ0v) is 16.8. The molecule has 144 valence electrons. The number of nitrogens with one attached hydrogen (secondary N) is 2. The lowest BCUT2D eigenvalue weighted by atomic mass is 9.96. The van der Waals surface area contributed by atoms with Gasteiger partial charge in [0.1, 0.15) is 0 Å². The second kappa shape index (κ2) is 8.07. The molecule has 5 heteroatoms. The number of benzene rings is 2. The largest absolute Gasteiger partial charge is 0.361 e.